The quantitative estimate of drug-likeness (QED) is 0.168. The van der Waals surface area contributed by atoms with Gasteiger partial charge in [-0.05, 0) is 94.0 Å². The Labute approximate surface area is 352 Å². The van der Waals surface area contributed by atoms with E-state index in [1.807, 2.05) is 91.0 Å². The minimum absolute atomic E-state index is 0.220. The van der Waals surface area contributed by atoms with E-state index in [1.165, 1.54) is 44.2 Å². The van der Waals surface area contributed by atoms with Crippen molar-refractivity contribution in [3.63, 3.8) is 0 Å². The fourth-order valence-corrected chi connectivity index (χ4v) is 9.19. The Balaban J connectivity index is 0.942. The molecule has 1 aliphatic carbocycles. The van der Waals surface area contributed by atoms with Gasteiger partial charge in [-0.15, -0.1) is 0 Å². The molecule has 1 aliphatic rings. The van der Waals surface area contributed by atoms with E-state index in [1.54, 1.807) is 0 Å². The van der Waals surface area contributed by atoms with Crippen molar-refractivity contribution in [3.8, 4) is 73.6 Å². The van der Waals surface area contributed by atoms with Gasteiger partial charge in [-0.3, -0.25) is 0 Å². The van der Waals surface area contributed by atoms with Gasteiger partial charge in [-0.25, -0.2) is 19.9 Å². The van der Waals surface area contributed by atoms with Crippen molar-refractivity contribution in [1.29, 1.82) is 0 Å². The molecule has 288 valence electrons. The van der Waals surface area contributed by atoms with Gasteiger partial charge in [0.2, 0.25) is 5.89 Å². The highest BCUT2D eigenvalue weighted by molar-refractivity contribution is 6.10. The maximum Gasteiger partial charge on any atom is 0.227 e. The van der Waals surface area contributed by atoms with Crippen molar-refractivity contribution < 1.29 is 4.42 Å². The Kier molecular flexibility index (Phi) is 7.78. The van der Waals surface area contributed by atoms with Gasteiger partial charge in [0.05, 0.1) is 11.0 Å². The van der Waals surface area contributed by atoms with Crippen LogP contribution in [-0.4, -0.2) is 24.5 Å². The largest absolute Gasteiger partial charge is 0.436 e. The molecule has 3 aromatic heterocycles. The summed E-state index contributed by atoms with van der Waals surface area (Å²) in [5, 5.41) is 2.39. The number of hydrogen-bond acceptors (Lipinski definition) is 5. The van der Waals surface area contributed by atoms with Crippen molar-refractivity contribution in [2.75, 3.05) is 0 Å². The molecule has 0 saturated heterocycles. The smallest absolute Gasteiger partial charge is 0.227 e. The minimum atomic E-state index is -0.220. The number of benzene rings is 8. The molecule has 0 bridgehead atoms. The lowest BCUT2D eigenvalue weighted by Gasteiger charge is -2.22. The second kappa shape index (κ2) is 13.5. The molecule has 0 saturated carbocycles. The third-order valence-electron chi connectivity index (χ3n) is 12.3. The zero-order valence-electron chi connectivity index (χ0n) is 33.5. The van der Waals surface area contributed by atoms with Crippen LogP contribution in [-0.2, 0) is 5.41 Å². The Morgan fingerprint density at radius 1 is 0.410 bits per heavy atom. The molecular weight excluding hydrogens is 747 g/mol. The third-order valence-corrected chi connectivity index (χ3v) is 12.3. The van der Waals surface area contributed by atoms with E-state index < -0.39 is 0 Å². The first-order valence-electron chi connectivity index (χ1n) is 20.6. The maximum atomic E-state index is 6.32. The van der Waals surface area contributed by atoms with Crippen molar-refractivity contribution in [1.82, 2.24) is 24.5 Å². The Morgan fingerprint density at radius 3 is 1.70 bits per heavy atom. The van der Waals surface area contributed by atoms with Crippen LogP contribution < -0.4 is 0 Å². The monoisotopic (exact) mass is 783 g/mol. The number of oxazole rings is 1. The molecule has 0 atom stereocenters. The minimum Gasteiger partial charge on any atom is -0.436 e. The number of para-hydroxylation sites is 1. The van der Waals surface area contributed by atoms with Gasteiger partial charge in [0.1, 0.15) is 5.52 Å². The van der Waals surface area contributed by atoms with E-state index in [0.29, 0.717) is 23.4 Å². The Hall–Kier alpha value is -7.96. The first-order valence-corrected chi connectivity index (χ1v) is 20.6. The molecule has 0 unspecified atom stereocenters. The average Bonchev–Trinajstić information content (AvgIpc) is 3.96. The molecule has 6 nitrogen and oxygen atoms in total. The van der Waals surface area contributed by atoms with Gasteiger partial charge < -0.3 is 8.98 Å². The second-order valence-corrected chi connectivity index (χ2v) is 16.3. The highest BCUT2D eigenvalue weighted by atomic mass is 16.3. The number of hydrogen-bond donors (Lipinski definition) is 0. The van der Waals surface area contributed by atoms with Crippen LogP contribution in [0.1, 0.15) is 25.0 Å². The lowest BCUT2D eigenvalue weighted by molar-refractivity contribution is 0.614. The van der Waals surface area contributed by atoms with Crippen LogP contribution >= 0.6 is 0 Å². The standard InChI is InChI=1S/C55H37N5O/c1-55(2)45-31-38(25-27-41(45)43-32-47-50(33-46(43)55)61-54(56-47)36-19-10-5-11-20-36)37-26-28-49-44(30-37)42-23-12-13-24-48(42)60(49)40-22-14-21-39(29-40)53-58-51(34-15-6-3-7-16-34)57-52(59-53)35-17-8-4-9-18-35/h3-33H,1-2H3. The molecule has 11 aromatic rings. The van der Waals surface area contributed by atoms with Gasteiger partial charge in [0.15, 0.2) is 23.1 Å². The molecule has 6 heteroatoms. The number of fused-ring (bicyclic) bond motifs is 7. The van der Waals surface area contributed by atoms with Crippen molar-refractivity contribution in [2.24, 2.45) is 0 Å². The highest BCUT2D eigenvalue weighted by Crippen LogP contribution is 2.51. The zero-order valence-corrected chi connectivity index (χ0v) is 33.5. The summed E-state index contributed by atoms with van der Waals surface area (Å²) in [5.74, 6) is 2.56. The van der Waals surface area contributed by atoms with Crippen LogP contribution in [0.2, 0.25) is 0 Å². The van der Waals surface area contributed by atoms with Gasteiger partial charge >= 0.3 is 0 Å². The van der Waals surface area contributed by atoms with Crippen LogP contribution in [0.5, 0.6) is 0 Å². The van der Waals surface area contributed by atoms with Crippen LogP contribution in [0.15, 0.2) is 192 Å². The summed E-state index contributed by atoms with van der Waals surface area (Å²) in [6.07, 6.45) is 0. The van der Waals surface area contributed by atoms with Crippen LogP contribution in [0.4, 0.5) is 0 Å². The summed E-state index contributed by atoms with van der Waals surface area (Å²) in [7, 11) is 0. The van der Waals surface area contributed by atoms with Crippen molar-refractivity contribution in [3.05, 3.63) is 199 Å². The summed E-state index contributed by atoms with van der Waals surface area (Å²) >= 11 is 0. The summed E-state index contributed by atoms with van der Waals surface area (Å²) in [6, 6.07) is 65.7. The fraction of sp³-hybridized carbons (Fsp3) is 0.0545. The molecule has 12 rings (SSSR count). The number of rotatable bonds is 6. The third kappa shape index (κ3) is 5.71. The number of aromatic nitrogens is 5. The van der Waals surface area contributed by atoms with E-state index in [2.05, 4.69) is 115 Å². The summed E-state index contributed by atoms with van der Waals surface area (Å²) in [5.41, 5.74) is 15.9. The highest BCUT2D eigenvalue weighted by Gasteiger charge is 2.36. The Morgan fingerprint density at radius 2 is 0.984 bits per heavy atom. The predicted molar refractivity (Wildman–Crippen MR) is 246 cm³/mol. The summed E-state index contributed by atoms with van der Waals surface area (Å²) in [4.78, 5) is 19.9. The molecule has 8 aromatic carbocycles. The first-order chi connectivity index (χ1) is 30.0. The van der Waals surface area contributed by atoms with Crippen molar-refractivity contribution in [2.45, 2.75) is 19.3 Å². The second-order valence-electron chi connectivity index (χ2n) is 16.3. The number of nitrogens with zero attached hydrogens (tertiary/aromatic N) is 5. The van der Waals surface area contributed by atoms with Crippen LogP contribution in [0.3, 0.4) is 0 Å². The molecule has 0 N–H and O–H groups in total. The molecule has 0 aliphatic heterocycles. The van der Waals surface area contributed by atoms with Crippen LogP contribution in [0, 0.1) is 0 Å². The lowest BCUT2D eigenvalue weighted by atomic mass is 9.81. The molecule has 0 spiro atoms. The molecule has 61 heavy (non-hydrogen) atoms. The van der Waals surface area contributed by atoms with Crippen LogP contribution in [0.25, 0.3) is 106 Å². The fourth-order valence-electron chi connectivity index (χ4n) is 9.19. The lowest BCUT2D eigenvalue weighted by Crippen LogP contribution is -2.15. The van der Waals surface area contributed by atoms with Gasteiger partial charge in [0, 0.05) is 44.1 Å². The summed E-state index contributed by atoms with van der Waals surface area (Å²) in [6.45, 7) is 4.63. The van der Waals surface area contributed by atoms with E-state index in [4.69, 9.17) is 24.4 Å². The molecule has 0 fully saturated rings. The molecular formula is C55H37N5O. The van der Waals surface area contributed by atoms with E-state index in [0.717, 1.165) is 50.1 Å². The summed E-state index contributed by atoms with van der Waals surface area (Å²) < 4.78 is 8.68. The van der Waals surface area contributed by atoms with Gasteiger partial charge in [0.25, 0.3) is 0 Å². The van der Waals surface area contributed by atoms with E-state index >= 15 is 0 Å². The predicted octanol–water partition coefficient (Wildman–Crippen LogP) is 13.8. The normalized spacial score (nSPS) is 12.9. The molecule has 0 amide bonds. The Bertz CT molecular complexity index is 3440. The topological polar surface area (TPSA) is 69.6 Å². The van der Waals surface area contributed by atoms with E-state index in [9.17, 15) is 0 Å². The maximum absolute atomic E-state index is 6.32. The average molecular weight is 784 g/mol. The first kappa shape index (κ1) is 35.0. The van der Waals surface area contributed by atoms with Gasteiger partial charge in [-0.1, -0.05) is 141 Å². The van der Waals surface area contributed by atoms with E-state index in [-0.39, 0.29) is 5.41 Å². The molecule has 3 heterocycles. The SMILES string of the molecule is CC1(C)c2cc(-c3ccc4c(c3)c3ccccc3n4-c3cccc(-c4nc(-c5ccccc5)nc(-c5ccccc5)n4)c3)ccc2-c2cc3nc(-c4ccccc4)oc3cc21. The van der Waals surface area contributed by atoms with Crippen molar-refractivity contribution >= 4 is 32.9 Å². The zero-order chi connectivity index (χ0) is 40.7. The van der Waals surface area contributed by atoms with Gasteiger partial charge in [-0.2, -0.15) is 0 Å². The molecule has 0 radical (unpaired) electrons.